The largest absolute Gasteiger partial charge is 0.461 e. The maximum absolute atomic E-state index is 12.5. The Morgan fingerprint density at radius 1 is 1.23 bits per heavy atom. The standard InChI is InChI=1S/C23H24ClF3O4/c1-21(2,3)31-18(28)9-7-16-19(22(16,4)5)20(29)30-13-15-12-14(6-8-17(15)24)10-11-23(25,26)27/h6-9,12,16,19H,13H2,1-5H3. The normalized spacial score (nSPS) is 20.0. The zero-order valence-electron chi connectivity index (χ0n) is 17.9. The predicted molar refractivity (Wildman–Crippen MR) is 110 cm³/mol. The monoisotopic (exact) mass is 456 g/mol. The molecular formula is C23H24ClF3O4. The molecule has 0 aromatic heterocycles. The summed E-state index contributed by atoms with van der Waals surface area (Å²) in [6.45, 7) is 8.83. The highest BCUT2D eigenvalue weighted by molar-refractivity contribution is 6.31. The van der Waals surface area contributed by atoms with Crippen molar-refractivity contribution in [1.29, 1.82) is 0 Å². The molecule has 2 rings (SSSR count). The Labute approximate surface area is 184 Å². The molecule has 1 aliphatic rings. The van der Waals surface area contributed by atoms with Crippen LogP contribution in [0.2, 0.25) is 5.02 Å². The third-order valence-corrected chi connectivity index (χ3v) is 5.14. The van der Waals surface area contributed by atoms with Crippen molar-refractivity contribution in [3.63, 3.8) is 0 Å². The van der Waals surface area contributed by atoms with Gasteiger partial charge in [0.2, 0.25) is 0 Å². The van der Waals surface area contributed by atoms with Gasteiger partial charge in [0.1, 0.15) is 12.2 Å². The molecule has 1 aliphatic carbocycles. The summed E-state index contributed by atoms with van der Waals surface area (Å²) in [4.78, 5) is 24.4. The van der Waals surface area contributed by atoms with E-state index in [1.54, 1.807) is 26.8 Å². The second-order valence-electron chi connectivity index (χ2n) is 8.88. The van der Waals surface area contributed by atoms with Crippen molar-refractivity contribution >= 4 is 23.5 Å². The molecule has 0 bridgehead atoms. The summed E-state index contributed by atoms with van der Waals surface area (Å²) < 4.78 is 47.4. The Balaban J connectivity index is 2.01. The minimum atomic E-state index is -4.61. The first kappa shape index (κ1) is 24.8. The lowest BCUT2D eigenvalue weighted by Gasteiger charge is -2.17. The topological polar surface area (TPSA) is 52.6 Å². The van der Waals surface area contributed by atoms with Crippen LogP contribution >= 0.6 is 11.6 Å². The van der Waals surface area contributed by atoms with Gasteiger partial charge in [0.25, 0.3) is 0 Å². The molecule has 0 N–H and O–H groups in total. The van der Waals surface area contributed by atoms with Gasteiger partial charge < -0.3 is 9.47 Å². The lowest BCUT2D eigenvalue weighted by Crippen LogP contribution is -2.22. The first-order valence-electron chi connectivity index (χ1n) is 9.56. The molecule has 0 aliphatic heterocycles. The Bertz CT molecular complexity index is 946. The average molecular weight is 457 g/mol. The fraction of sp³-hybridized carbons (Fsp3) is 0.478. The molecule has 2 atom stereocenters. The van der Waals surface area contributed by atoms with E-state index in [0.717, 1.165) is 0 Å². The molecular weight excluding hydrogens is 433 g/mol. The molecule has 8 heteroatoms. The Morgan fingerprint density at radius 3 is 2.45 bits per heavy atom. The number of hydrogen-bond donors (Lipinski definition) is 0. The summed E-state index contributed by atoms with van der Waals surface area (Å²) in [7, 11) is 0. The van der Waals surface area contributed by atoms with E-state index in [1.165, 1.54) is 30.2 Å². The molecule has 0 heterocycles. The van der Waals surface area contributed by atoms with Crippen molar-refractivity contribution in [2.75, 3.05) is 0 Å². The number of hydrogen-bond acceptors (Lipinski definition) is 4. The van der Waals surface area contributed by atoms with Gasteiger partial charge in [-0.25, -0.2) is 4.79 Å². The van der Waals surface area contributed by atoms with Gasteiger partial charge in [-0.15, -0.1) is 0 Å². The van der Waals surface area contributed by atoms with E-state index in [-0.39, 0.29) is 23.1 Å². The van der Waals surface area contributed by atoms with Crippen molar-refractivity contribution in [2.24, 2.45) is 17.3 Å². The zero-order valence-corrected chi connectivity index (χ0v) is 18.6. The van der Waals surface area contributed by atoms with Crippen LogP contribution in [0.3, 0.4) is 0 Å². The maximum atomic E-state index is 12.5. The van der Waals surface area contributed by atoms with Crippen LogP contribution in [0.15, 0.2) is 30.4 Å². The quantitative estimate of drug-likeness (QED) is 0.335. The Morgan fingerprint density at radius 2 is 1.87 bits per heavy atom. The third-order valence-electron chi connectivity index (χ3n) is 4.78. The number of alkyl halides is 3. The highest BCUT2D eigenvalue weighted by Crippen LogP contribution is 2.59. The molecule has 1 fully saturated rings. The number of carbonyl (C=O) groups is 2. The molecule has 168 valence electrons. The molecule has 1 aromatic rings. The molecule has 0 amide bonds. The summed E-state index contributed by atoms with van der Waals surface area (Å²) >= 11 is 6.06. The van der Waals surface area contributed by atoms with Crippen molar-refractivity contribution in [2.45, 2.75) is 53.0 Å². The van der Waals surface area contributed by atoms with E-state index in [0.29, 0.717) is 5.56 Å². The van der Waals surface area contributed by atoms with Crippen LogP contribution < -0.4 is 0 Å². The molecule has 0 saturated heterocycles. The van der Waals surface area contributed by atoms with E-state index < -0.39 is 35.0 Å². The first-order chi connectivity index (χ1) is 14.1. The lowest BCUT2D eigenvalue weighted by atomic mass is 10.1. The van der Waals surface area contributed by atoms with Gasteiger partial charge in [-0.05, 0) is 50.3 Å². The van der Waals surface area contributed by atoms with E-state index >= 15 is 0 Å². The number of rotatable bonds is 5. The van der Waals surface area contributed by atoms with Crippen LogP contribution in [0.25, 0.3) is 0 Å². The van der Waals surface area contributed by atoms with Crippen LogP contribution in [0.1, 0.15) is 45.7 Å². The van der Waals surface area contributed by atoms with Crippen LogP contribution in [0.5, 0.6) is 0 Å². The average Bonchev–Trinajstić information content (AvgIpc) is 3.16. The molecule has 1 saturated carbocycles. The van der Waals surface area contributed by atoms with Crippen LogP contribution in [-0.2, 0) is 25.7 Å². The molecule has 0 spiro atoms. The highest BCUT2D eigenvalue weighted by Gasteiger charge is 2.61. The summed E-state index contributed by atoms with van der Waals surface area (Å²) in [5, 5.41) is 0.252. The van der Waals surface area contributed by atoms with Crippen LogP contribution in [0, 0.1) is 29.1 Å². The molecule has 2 unspecified atom stereocenters. The number of carbonyl (C=O) groups excluding carboxylic acids is 2. The maximum Gasteiger partial charge on any atom is 0.458 e. The molecule has 31 heavy (non-hydrogen) atoms. The lowest BCUT2D eigenvalue weighted by molar-refractivity contribution is -0.149. The van der Waals surface area contributed by atoms with Crippen molar-refractivity contribution in [1.82, 2.24) is 0 Å². The fourth-order valence-corrected chi connectivity index (χ4v) is 3.32. The Kier molecular flexibility index (Phi) is 7.17. The van der Waals surface area contributed by atoms with Gasteiger partial charge in [0, 0.05) is 28.1 Å². The van der Waals surface area contributed by atoms with E-state index in [1.807, 2.05) is 19.8 Å². The second-order valence-corrected chi connectivity index (χ2v) is 9.29. The van der Waals surface area contributed by atoms with Crippen molar-refractivity contribution < 1.29 is 32.2 Å². The van der Waals surface area contributed by atoms with Gasteiger partial charge >= 0.3 is 18.1 Å². The Hall–Kier alpha value is -2.46. The first-order valence-corrected chi connectivity index (χ1v) is 9.94. The van der Waals surface area contributed by atoms with Gasteiger partial charge in [-0.1, -0.05) is 37.4 Å². The molecule has 1 aromatic carbocycles. The van der Waals surface area contributed by atoms with Gasteiger partial charge in [0.15, 0.2) is 0 Å². The SMILES string of the molecule is CC(C)(C)OC(=O)C=CC1C(C(=O)OCc2cc(C#CC(F)(F)F)ccc2Cl)C1(C)C. The number of allylic oxidation sites excluding steroid dienone is 1. The second kappa shape index (κ2) is 8.96. The van der Waals surface area contributed by atoms with E-state index in [9.17, 15) is 22.8 Å². The fourth-order valence-electron chi connectivity index (χ4n) is 3.15. The van der Waals surface area contributed by atoms with Gasteiger partial charge in [0.05, 0.1) is 5.92 Å². The summed E-state index contributed by atoms with van der Waals surface area (Å²) in [6, 6.07) is 4.11. The predicted octanol–water partition coefficient (Wildman–Crippen LogP) is 5.47. The minimum Gasteiger partial charge on any atom is -0.461 e. The molecule has 0 radical (unpaired) electrons. The van der Waals surface area contributed by atoms with Gasteiger partial charge in [-0.3, -0.25) is 4.79 Å². The number of benzene rings is 1. The molecule has 4 nitrogen and oxygen atoms in total. The van der Waals surface area contributed by atoms with E-state index in [4.69, 9.17) is 21.1 Å². The smallest absolute Gasteiger partial charge is 0.458 e. The number of ether oxygens (including phenoxy) is 2. The summed E-state index contributed by atoms with van der Waals surface area (Å²) in [5.74, 6) is 1.56. The van der Waals surface area contributed by atoms with Gasteiger partial charge in [-0.2, -0.15) is 13.2 Å². The van der Waals surface area contributed by atoms with Crippen LogP contribution in [0.4, 0.5) is 13.2 Å². The number of esters is 2. The summed E-state index contributed by atoms with van der Waals surface area (Å²) in [5.41, 5.74) is -0.558. The van der Waals surface area contributed by atoms with Crippen molar-refractivity contribution in [3.05, 3.63) is 46.5 Å². The third kappa shape index (κ3) is 7.32. The zero-order chi connectivity index (χ0) is 23.6. The highest BCUT2D eigenvalue weighted by atomic mass is 35.5. The van der Waals surface area contributed by atoms with E-state index in [2.05, 4.69) is 0 Å². The van der Waals surface area contributed by atoms with Crippen molar-refractivity contribution in [3.8, 4) is 11.8 Å². The number of halogens is 4. The minimum absolute atomic E-state index is 0.109. The summed E-state index contributed by atoms with van der Waals surface area (Å²) in [6.07, 6.45) is -1.66. The van der Waals surface area contributed by atoms with Crippen LogP contribution in [-0.4, -0.2) is 23.7 Å².